The first-order chi connectivity index (χ1) is 5.72. The Morgan fingerprint density at radius 3 is 2.75 bits per heavy atom. The first-order valence-electron chi connectivity index (χ1n) is 4.85. The lowest BCUT2D eigenvalue weighted by Gasteiger charge is -2.08. The van der Waals surface area contributed by atoms with E-state index in [1.165, 1.54) is 12.8 Å². The van der Waals surface area contributed by atoms with E-state index in [9.17, 15) is 4.79 Å². The fraction of sp³-hybridized carbons (Fsp3) is 0.900. The summed E-state index contributed by atoms with van der Waals surface area (Å²) >= 11 is 0. The average molecular weight is 170 g/mol. The Morgan fingerprint density at radius 1 is 1.58 bits per heavy atom. The molecule has 2 nitrogen and oxygen atoms in total. The van der Waals surface area contributed by atoms with Crippen molar-refractivity contribution >= 4 is 5.78 Å². The van der Waals surface area contributed by atoms with Crippen molar-refractivity contribution in [3.8, 4) is 0 Å². The van der Waals surface area contributed by atoms with Crippen LogP contribution in [0.1, 0.15) is 39.5 Å². The highest BCUT2D eigenvalue weighted by Gasteiger charge is 2.24. The Labute approximate surface area is 74.3 Å². The van der Waals surface area contributed by atoms with Gasteiger partial charge in [0, 0.05) is 6.42 Å². The molecule has 1 fully saturated rings. The van der Waals surface area contributed by atoms with Crippen LogP contribution in [0.25, 0.3) is 0 Å². The third-order valence-electron chi connectivity index (χ3n) is 2.32. The molecule has 1 aliphatic rings. The molecule has 0 saturated heterocycles. The molecule has 0 aromatic carbocycles. The van der Waals surface area contributed by atoms with Crippen molar-refractivity contribution in [1.82, 2.24) is 0 Å². The molecule has 0 aromatic heterocycles. The monoisotopic (exact) mass is 170 g/mol. The van der Waals surface area contributed by atoms with Gasteiger partial charge < -0.3 is 4.74 Å². The van der Waals surface area contributed by atoms with Crippen LogP contribution < -0.4 is 0 Å². The van der Waals surface area contributed by atoms with Crippen molar-refractivity contribution in [1.29, 1.82) is 0 Å². The number of rotatable bonds is 6. The second-order valence-corrected chi connectivity index (χ2v) is 3.72. The van der Waals surface area contributed by atoms with E-state index in [0.717, 1.165) is 12.8 Å². The molecule has 0 aromatic rings. The maximum atomic E-state index is 11.2. The number of Topliss-reactive ketones (excluding diaryl/α,β-unsaturated/α-hetero) is 1. The molecule has 1 saturated carbocycles. The maximum Gasteiger partial charge on any atom is 0.158 e. The van der Waals surface area contributed by atoms with Crippen LogP contribution in [0.15, 0.2) is 0 Å². The molecule has 0 spiro atoms. The highest BCUT2D eigenvalue weighted by atomic mass is 16.5. The van der Waals surface area contributed by atoms with Crippen LogP contribution in [-0.2, 0) is 9.53 Å². The van der Waals surface area contributed by atoms with Crippen LogP contribution >= 0.6 is 0 Å². The zero-order valence-electron chi connectivity index (χ0n) is 8.01. The van der Waals surface area contributed by atoms with Gasteiger partial charge in [-0.05, 0) is 32.1 Å². The van der Waals surface area contributed by atoms with Crippen molar-refractivity contribution in [2.75, 3.05) is 6.61 Å². The lowest BCUT2D eigenvalue weighted by molar-refractivity contribution is -0.125. The summed E-state index contributed by atoms with van der Waals surface area (Å²) in [6.07, 6.45) is 4.45. The number of ether oxygens (including phenoxy) is 1. The van der Waals surface area contributed by atoms with Gasteiger partial charge >= 0.3 is 0 Å². The van der Waals surface area contributed by atoms with Crippen molar-refractivity contribution in [3.05, 3.63) is 0 Å². The molecule has 2 heteroatoms. The lowest BCUT2D eigenvalue weighted by atomic mass is 10.2. The van der Waals surface area contributed by atoms with Gasteiger partial charge in [0.1, 0.15) is 6.61 Å². The normalized spacial score (nSPS) is 19.2. The molecule has 0 bridgehead atoms. The van der Waals surface area contributed by atoms with Gasteiger partial charge in [-0.2, -0.15) is 0 Å². The van der Waals surface area contributed by atoms with E-state index in [1.54, 1.807) is 0 Å². The molecule has 1 aliphatic carbocycles. The quantitative estimate of drug-likeness (QED) is 0.610. The summed E-state index contributed by atoms with van der Waals surface area (Å²) in [7, 11) is 0. The van der Waals surface area contributed by atoms with Gasteiger partial charge in [0.2, 0.25) is 0 Å². The zero-order chi connectivity index (χ0) is 8.97. The zero-order valence-corrected chi connectivity index (χ0v) is 8.01. The van der Waals surface area contributed by atoms with E-state index < -0.39 is 0 Å². The van der Waals surface area contributed by atoms with Crippen molar-refractivity contribution in [2.24, 2.45) is 5.92 Å². The van der Waals surface area contributed by atoms with Crippen LogP contribution in [0.3, 0.4) is 0 Å². The highest BCUT2D eigenvalue weighted by Crippen LogP contribution is 2.32. The summed E-state index contributed by atoms with van der Waals surface area (Å²) in [4.78, 5) is 11.2. The Morgan fingerprint density at radius 2 is 2.25 bits per heavy atom. The Bertz CT molecular complexity index is 150. The molecule has 0 aliphatic heterocycles. The highest BCUT2D eigenvalue weighted by molar-refractivity contribution is 5.80. The van der Waals surface area contributed by atoms with E-state index >= 15 is 0 Å². The number of ketones is 1. The molecule has 1 rings (SSSR count). The fourth-order valence-corrected chi connectivity index (χ4v) is 1.06. The van der Waals surface area contributed by atoms with Gasteiger partial charge in [0.15, 0.2) is 5.78 Å². The fourth-order valence-electron chi connectivity index (χ4n) is 1.06. The molecule has 0 radical (unpaired) electrons. The molecule has 70 valence electrons. The molecular weight excluding hydrogens is 152 g/mol. The van der Waals surface area contributed by atoms with E-state index in [-0.39, 0.29) is 11.9 Å². The van der Waals surface area contributed by atoms with Crippen LogP contribution in [0, 0.1) is 5.92 Å². The first kappa shape index (κ1) is 9.72. The maximum absolute atomic E-state index is 11.2. The van der Waals surface area contributed by atoms with Crippen LogP contribution in [0.5, 0.6) is 0 Å². The van der Waals surface area contributed by atoms with Gasteiger partial charge in [0.25, 0.3) is 0 Å². The standard InChI is InChI=1S/C10H18O2/c1-3-8(2)12-7-10(11)6-9-4-5-9/h8-9H,3-7H2,1-2H3. The summed E-state index contributed by atoms with van der Waals surface area (Å²) in [5, 5.41) is 0. The van der Waals surface area contributed by atoms with E-state index in [4.69, 9.17) is 4.74 Å². The Hall–Kier alpha value is -0.370. The SMILES string of the molecule is CCC(C)OCC(=O)CC1CC1. The number of carbonyl (C=O) groups is 1. The van der Waals surface area contributed by atoms with Crippen LogP contribution in [0.2, 0.25) is 0 Å². The largest absolute Gasteiger partial charge is 0.371 e. The van der Waals surface area contributed by atoms with Gasteiger partial charge in [0.05, 0.1) is 6.10 Å². The molecule has 12 heavy (non-hydrogen) atoms. The lowest BCUT2D eigenvalue weighted by Crippen LogP contribution is -2.15. The minimum atomic E-state index is 0.230. The van der Waals surface area contributed by atoms with E-state index in [2.05, 4.69) is 6.92 Å². The molecule has 0 amide bonds. The van der Waals surface area contributed by atoms with Gasteiger partial charge in [-0.25, -0.2) is 0 Å². The van der Waals surface area contributed by atoms with Crippen LogP contribution in [-0.4, -0.2) is 18.5 Å². The molecule has 0 heterocycles. The van der Waals surface area contributed by atoms with E-state index in [0.29, 0.717) is 12.5 Å². The summed E-state index contributed by atoms with van der Waals surface area (Å²) in [6, 6.07) is 0. The summed E-state index contributed by atoms with van der Waals surface area (Å²) < 4.78 is 5.33. The smallest absolute Gasteiger partial charge is 0.158 e. The third kappa shape index (κ3) is 3.86. The minimum Gasteiger partial charge on any atom is -0.371 e. The summed E-state index contributed by atoms with van der Waals surface area (Å²) in [5.74, 6) is 0.968. The van der Waals surface area contributed by atoms with Gasteiger partial charge in [-0.3, -0.25) is 4.79 Å². The first-order valence-corrected chi connectivity index (χ1v) is 4.85. The number of hydrogen-bond donors (Lipinski definition) is 0. The van der Waals surface area contributed by atoms with Gasteiger partial charge in [-0.1, -0.05) is 6.92 Å². The topological polar surface area (TPSA) is 26.3 Å². The summed E-state index contributed by atoms with van der Waals surface area (Å²) in [5.41, 5.74) is 0. The molecular formula is C10H18O2. The average Bonchev–Trinajstić information content (AvgIpc) is 2.84. The van der Waals surface area contributed by atoms with Crippen molar-refractivity contribution < 1.29 is 9.53 Å². The predicted molar refractivity (Wildman–Crippen MR) is 48.1 cm³/mol. The molecule has 0 N–H and O–H groups in total. The van der Waals surface area contributed by atoms with Crippen molar-refractivity contribution in [3.63, 3.8) is 0 Å². The summed E-state index contributed by atoms with van der Waals surface area (Å²) in [6.45, 7) is 4.39. The third-order valence-corrected chi connectivity index (χ3v) is 2.32. The Balaban J connectivity index is 2.00. The van der Waals surface area contributed by atoms with E-state index in [1.807, 2.05) is 6.92 Å². The Kier molecular flexibility index (Phi) is 3.73. The number of carbonyl (C=O) groups excluding carboxylic acids is 1. The van der Waals surface area contributed by atoms with Crippen LogP contribution in [0.4, 0.5) is 0 Å². The second-order valence-electron chi connectivity index (χ2n) is 3.72. The molecule has 1 atom stereocenters. The minimum absolute atomic E-state index is 0.230. The molecule has 1 unspecified atom stereocenters. The van der Waals surface area contributed by atoms with Crippen molar-refractivity contribution in [2.45, 2.75) is 45.6 Å². The van der Waals surface area contributed by atoms with Gasteiger partial charge in [-0.15, -0.1) is 0 Å². The number of hydrogen-bond acceptors (Lipinski definition) is 2. The second kappa shape index (κ2) is 4.61. The predicted octanol–water partition coefficient (Wildman–Crippen LogP) is 2.17.